The SMILES string of the molecule is CCCCC/C=C\C/C=C\CCCCCCCC(=O)OCC(COP(=O)(O)OCC(O)COP(=O)(O)OCC(COC(=O)CCCCCCC/C=C\C/C=C\CCCCC)OC(=O)CCCCCCC/C=C\C/C=C\CCCCC)OC(=O)CCCCCCC/C=C\C/C=C\CCCCC. The third kappa shape index (κ3) is 72.3. The van der Waals surface area contributed by atoms with Crippen LogP contribution in [0, 0.1) is 0 Å². The normalized spacial score (nSPS) is 14.4. The van der Waals surface area contributed by atoms with E-state index in [2.05, 4.69) is 125 Å². The van der Waals surface area contributed by atoms with Gasteiger partial charge in [0.05, 0.1) is 26.4 Å². The van der Waals surface area contributed by atoms with Crippen molar-refractivity contribution in [1.29, 1.82) is 0 Å². The summed E-state index contributed by atoms with van der Waals surface area (Å²) in [6, 6.07) is 0. The van der Waals surface area contributed by atoms with E-state index in [1.54, 1.807) is 0 Å². The number of phosphoric acid groups is 2. The lowest BCUT2D eigenvalue weighted by Crippen LogP contribution is -2.30. The van der Waals surface area contributed by atoms with E-state index in [1.807, 2.05) is 0 Å². The minimum absolute atomic E-state index is 0.0756. The summed E-state index contributed by atoms with van der Waals surface area (Å²) in [4.78, 5) is 72.9. The first-order chi connectivity index (χ1) is 48.7. The number of hydrogen-bond acceptors (Lipinski definition) is 15. The van der Waals surface area contributed by atoms with E-state index >= 15 is 0 Å². The summed E-state index contributed by atoms with van der Waals surface area (Å²) in [5.41, 5.74) is 0. The quantitative estimate of drug-likeness (QED) is 0.0169. The number of esters is 4. The van der Waals surface area contributed by atoms with Crippen LogP contribution in [0.15, 0.2) is 97.2 Å². The van der Waals surface area contributed by atoms with Crippen molar-refractivity contribution in [3.8, 4) is 0 Å². The van der Waals surface area contributed by atoms with Crippen molar-refractivity contribution in [3.05, 3.63) is 97.2 Å². The molecule has 3 N–H and O–H groups in total. The lowest BCUT2D eigenvalue weighted by molar-refractivity contribution is -0.161. The predicted octanol–water partition coefficient (Wildman–Crippen LogP) is 22.8. The van der Waals surface area contributed by atoms with Gasteiger partial charge in [-0.3, -0.25) is 37.3 Å². The van der Waals surface area contributed by atoms with E-state index in [1.165, 1.54) is 77.0 Å². The fraction of sp³-hybridized carbons (Fsp3) is 0.753. The molecule has 0 saturated carbocycles. The molecule has 0 spiro atoms. The highest BCUT2D eigenvalue weighted by Crippen LogP contribution is 2.45. The minimum atomic E-state index is -4.98. The molecular weight excluding hydrogens is 1310 g/mol. The van der Waals surface area contributed by atoms with Crippen LogP contribution in [-0.2, 0) is 65.4 Å². The Morgan fingerprint density at radius 2 is 0.490 bits per heavy atom. The van der Waals surface area contributed by atoms with Gasteiger partial charge < -0.3 is 33.8 Å². The molecule has 0 aromatic heterocycles. The largest absolute Gasteiger partial charge is 0.472 e. The fourth-order valence-electron chi connectivity index (χ4n) is 10.4. The summed E-state index contributed by atoms with van der Waals surface area (Å²) in [5.74, 6) is -2.22. The Bertz CT molecular complexity index is 2120. The molecule has 0 bridgehead atoms. The summed E-state index contributed by atoms with van der Waals surface area (Å²) in [7, 11) is -9.97. The molecule has 4 unspecified atom stereocenters. The fourth-order valence-corrected chi connectivity index (χ4v) is 12.0. The van der Waals surface area contributed by atoms with Crippen molar-refractivity contribution >= 4 is 39.5 Å². The van der Waals surface area contributed by atoms with Crippen molar-refractivity contribution in [1.82, 2.24) is 0 Å². The summed E-state index contributed by atoms with van der Waals surface area (Å²) >= 11 is 0. The lowest BCUT2D eigenvalue weighted by atomic mass is 10.1. The monoisotopic (exact) mass is 1450 g/mol. The first-order valence-electron chi connectivity index (χ1n) is 39.5. The van der Waals surface area contributed by atoms with Gasteiger partial charge in [0.25, 0.3) is 0 Å². The van der Waals surface area contributed by atoms with Crippen LogP contribution in [0.1, 0.15) is 336 Å². The van der Waals surface area contributed by atoms with Gasteiger partial charge in [-0.1, -0.05) is 253 Å². The highest BCUT2D eigenvalue weighted by atomic mass is 31.2. The summed E-state index contributed by atoms with van der Waals surface area (Å²) < 4.78 is 68.5. The Balaban J connectivity index is 5.40. The number of rotatable bonds is 74. The number of aliphatic hydroxyl groups is 1. The van der Waals surface area contributed by atoms with Crippen molar-refractivity contribution in [2.24, 2.45) is 0 Å². The first-order valence-corrected chi connectivity index (χ1v) is 42.5. The number of allylic oxidation sites excluding steroid dienone is 16. The number of carbonyl (C=O) groups is 4. The van der Waals surface area contributed by atoms with E-state index in [9.17, 15) is 43.2 Å². The van der Waals surface area contributed by atoms with Crippen LogP contribution >= 0.6 is 15.6 Å². The third-order valence-corrected chi connectivity index (χ3v) is 18.4. The maximum atomic E-state index is 13.1. The number of hydrogen-bond donors (Lipinski definition) is 3. The number of carbonyl (C=O) groups excluding carboxylic acids is 4. The molecule has 0 fully saturated rings. The Morgan fingerprint density at radius 3 is 0.740 bits per heavy atom. The topological polar surface area (TPSA) is 237 Å². The summed E-state index contributed by atoms with van der Waals surface area (Å²) in [6.45, 7) is 4.74. The van der Waals surface area contributed by atoms with E-state index in [4.69, 9.17) is 37.0 Å². The lowest BCUT2D eigenvalue weighted by Gasteiger charge is -2.21. The molecule has 0 radical (unpaired) electrons. The van der Waals surface area contributed by atoms with Crippen molar-refractivity contribution in [3.63, 3.8) is 0 Å². The van der Waals surface area contributed by atoms with Crippen LogP contribution in [0.2, 0.25) is 0 Å². The number of aliphatic hydroxyl groups excluding tert-OH is 1. The van der Waals surface area contributed by atoms with E-state index in [0.29, 0.717) is 25.7 Å². The van der Waals surface area contributed by atoms with Crippen LogP contribution in [0.3, 0.4) is 0 Å². The van der Waals surface area contributed by atoms with E-state index in [0.717, 1.165) is 180 Å². The molecule has 17 nitrogen and oxygen atoms in total. The molecule has 0 aliphatic carbocycles. The maximum Gasteiger partial charge on any atom is 0.472 e. The molecule has 0 aliphatic heterocycles. The summed E-state index contributed by atoms with van der Waals surface area (Å²) in [6.07, 6.45) is 76.6. The molecule has 4 atom stereocenters. The van der Waals surface area contributed by atoms with Crippen LogP contribution in [0.5, 0.6) is 0 Å². The second kappa shape index (κ2) is 73.3. The molecule has 0 saturated heterocycles. The standard InChI is InChI=1S/C81H142O17P2/c1-5-9-13-17-21-25-29-33-37-41-45-49-53-57-61-65-78(83)91-71-76(97-80(85)67-63-59-55-51-47-43-39-35-31-27-23-19-15-11-7-3)73-95-99(87,88)93-69-75(82)70-94-100(89,90)96-74-77(98-81(86)68-64-60-56-52-48-44-40-36-32-28-24-20-16-12-8-4)72-92-79(84)66-62-58-54-50-46-42-38-34-30-26-22-18-14-10-6-2/h21-28,33-40,75-77,82H,5-20,29-32,41-74H2,1-4H3,(H,87,88)(H,89,90)/b25-21-,26-22-,27-23-,28-24-,37-33-,38-34-,39-35-,40-36-. The molecule has 0 aromatic rings. The molecule has 0 rings (SSSR count). The highest BCUT2D eigenvalue weighted by Gasteiger charge is 2.30. The van der Waals surface area contributed by atoms with Gasteiger partial charge >= 0.3 is 39.5 Å². The predicted molar refractivity (Wildman–Crippen MR) is 409 cm³/mol. The van der Waals surface area contributed by atoms with Crippen LogP contribution in [0.25, 0.3) is 0 Å². The van der Waals surface area contributed by atoms with Gasteiger partial charge in [-0.15, -0.1) is 0 Å². The second-order valence-electron chi connectivity index (χ2n) is 26.3. The Hall–Kier alpha value is -4.02. The second-order valence-corrected chi connectivity index (χ2v) is 29.2. The zero-order valence-corrected chi connectivity index (χ0v) is 64.9. The van der Waals surface area contributed by atoms with Gasteiger partial charge in [0.15, 0.2) is 12.2 Å². The van der Waals surface area contributed by atoms with Crippen molar-refractivity contribution < 1.29 is 80.2 Å². The first kappa shape index (κ1) is 96.0. The molecule has 0 heterocycles. The molecule has 0 aromatic carbocycles. The minimum Gasteiger partial charge on any atom is -0.462 e. The van der Waals surface area contributed by atoms with Gasteiger partial charge in [0.2, 0.25) is 0 Å². The average Bonchev–Trinajstić information content (AvgIpc) is 1.01. The number of ether oxygens (including phenoxy) is 4. The summed E-state index contributed by atoms with van der Waals surface area (Å²) in [5, 5.41) is 10.6. The molecule has 0 amide bonds. The Morgan fingerprint density at radius 1 is 0.280 bits per heavy atom. The van der Waals surface area contributed by atoms with Gasteiger partial charge in [0.1, 0.15) is 19.3 Å². The number of unbranched alkanes of at least 4 members (excludes halogenated alkanes) is 32. The number of phosphoric ester groups is 2. The van der Waals surface area contributed by atoms with E-state index in [-0.39, 0.29) is 25.7 Å². The van der Waals surface area contributed by atoms with Gasteiger partial charge in [-0.05, 0) is 154 Å². The molecule has 19 heteroatoms. The third-order valence-electron chi connectivity index (χ3n) is 16.5. The van der Waals surface area contributed by atoms with E-state index < -0.39 is 97.5 Å². The zero-order chi connectivity index (χ0) is 73.2. The van der Waals surface area contributed by atoms with Crippen molar-refractivity contribution in [2.45, 2.75) is 354 Å². The maximum absolute atomic E-state index is 13.1. The van der Waals surface area contributed by atoms with Crippen molar-refractivity contribution in [2.75, 3.05) is 39.6 Å². The molecule has 100 heavy (non-hydrogen) atoms. The zero-order valence-electron chi connectivity index (χ0n) is 63.1. The molecule has 0 aliphatic rings. The van der Waals surface area contributed by atoms with Gasteiger partial charge in [-0.2, -0.15) is 0 Å². The Kier molecular flexibility index (Phi) is 70.4. The average molecular weight is 1450 g/mol. The molecule has 578 valence electrons. The van der Waals surface area contributed by atoms with Crippen LogP contribution in [0.4, 0.5) is 0 Å². The smallest absolute Gasteiger partial charge is 0.462 e. The molecular formula is C81H142O17P2. The Labute approximate surface area is 607 Å². The highest BCUT2D eigenvalue weighted by molar-refractivity contribution is 7.47. The van der Waals surface area contributed by atoms with Crippen LogP contribution in [-0.4, -0.2) is 96.7 Å². The van der Waals surface area contributed by atoms with Crippen LogP contribution < -0.4 is 0 Å². The van der Waals surface area contributed by atoms with Gasteiger partial charge in [-0.25, -0.2) is 9.13 Å². The van der Waals surface area contributed by atoms with Gasteiger partial charge in [0, 0.05) is 25.7 Å².